The number of benzene rings is 2. The van der Waals surface area contributed by atoms with Crippen molar-refractivity contribution in [2.45, 2.75) is 47.1 Å². The highest BCUT2D eigenvalue weighted by molar-refractivity contribution is 6.35. The molecule has 4 rings (SSSR count). The number of aromatic nitrogens is 2. The lowest BCUT2D eigenvalue weighted by atomic mass is 10.1. The van der Waals surface area contributed by atoms with E-state index in [1.807, 2.05) is 59.7 Å². The first-order valence-corrected chi connectivity index (χ1v) is 10.5. The van der Waals surface area contributed by atoms with Crippen LogP contribution in [-0.2, 0) is 5.54 Å². The Morgan fingerprint density at radius 1 is 0.906 bits per heavy atom. The van der Waals surface area contributed by atoms with E-state index in [2.05, 4.69) is 10.4 Å². The van der Waals surface area contributed by atoms with Gasteiger partial charge in [0.05, 0.1) is 28.0 Å². The summed E-state index contributed by atoms with van der Waals surface area (Å²) in [5.41, 5.74) is 3.63. The molecule has 32 heavy (non-hydrogen) atoms. The van der Waals surface area contributed by atoms with Crippen LogP contribution in [0.15, 0.2) is 42.5 Å². The standard InChI is InChI=1S/C25H26N4O3/c1-14-7-8-15(2)20(11-14)28-23(31)18-10-9-17(13-19(18)24(28)32)22(30)26-21-12-16(3)27-29(21)25(4,5)6/h7-13H,1-6H3,(H,26,30). The average Bonchev–Trinajstić information content (AvgIpc) is 3.21. The predicted molar refractivity (Wildman–Crippen MR) is 123 cm³/mol. The number of fused-ring (bicyclic) bond motifs is 1. The Kier molecular flexibility index (Phi) is 5.00. The zero-order valence-corrected chi connectivity index (χ0v) is 19.1. The number of rotatable bonds is 3. The highest BCUT2D eigenvalue weighted by atomic mass is 16.2. The van der Waals surface area contributed by atoms with Crippen molar-refractivity contribution in [3.05, 3.63) is 76.0 Å². The second kappa shape index (κ2) is 7.44. The van der Waals surface area contributed by atoms with Crippen LogP contribution in [0.3, 0.4) is 0 Å². The van der Waals surface area contributed by atoms with Gasteiger partial charge in [-0.15, -0.1) is 0 Å². The number of imide groups is 1. The van der Waals surface area contributed by atoms with Gasteiger partial charge >= 0.3 is 0 Å². The van der Waals surface area contributed by atoms with E-state index in [0.29, 0.717) is 22.6 Å². The molecule has 0 atom stereocenters. The van der Waals surface area contributed by atoms with Crippen molar-refractivity contribution < 1.29 is 14.4 Å². The summed E-state index contributed by atoms with van der Waals surface area (Å²) < 4.78 is 1.75. The molecule has 0 bridgehead atoms. The van der Waals surface area contributed by atoms with Crippen LogP contribution in [0.25, 0.3) is 0 Å². The minimum atomic E-state index is -0.427. The minimum absolute atomic E-state index is 0.226. The van der Waals surface area contributed by atoms with Crippen molar-refractivity contribution >= 4 is 29.2 Å². The highest BCUT2D eigenvalue weighted by Crippen LogP contribution is 2.32. The van der Waals surface area contributed by atoms with Crippen LogP contribution in [-0.4, -0.2) is 27.5 Å². The molecule has 7 nitrogen and oxygen atoms in total. The van der Waals surface area contributed by atoms with Gasteiger partial charge in [0.1, 0.15) is 5.82 Å². The maximum atomic E-state index is 13.2. The Hall–Kier alpha value is -3.74. The molecule has 0 saturated carbocycles. The molecule has 0 radical (unpaired) electrons. The third kappa shape index (κ3) is 3.60. The number of aryl methyl sites for hydroxylation is 3. The van der Waals surface area contributed by atoms with E-state index in [1.165, 1.54) is 11.0 Å². The summed E-state index contributed by atoms with van der Waals surface area (Å²) in [4.78, 5) is 40.3. The SMILES string of the molecule is Cc1ccc(C)c(N2C(=O)c3ccc(C(=O)Nc4cc(C)nn4C(C)(C)C)cc3C2=O)c1. The van der Waals surface area contributed by atoms with Crippen LogP contribution in [0.5, 0.6) is 0 Å². The van der Waals surface area contributed by atoms with E-state index in [4.69, 9.17) is 0 Å². The molecule has 0 aliphatic carbocycles. The van der Waals surface area contributed by atoms with Gasteiger partial charge in [0.25, 0.3) is 17.7 Å². The van der Waals surface area contributed by atoms with Crippen molar-refractivity contribution in [1.29, 1.82) is 0 Å². The number of anilines is 2. The van der Waals surface area contributed by atoms with E-state index < -0.39 is 5.91 Å². The Bertz CT molecular complexity index is 1280. The summed E-state index contributed by atoms with van der Waals surface area (Å²) in [6.45, 7) is 11.6. The second-order valence-corrected chi connectivity index (χ2v) is 9.20. The first-order chi connectivity index (χ1) is 15.0. The molecule has 164 valence electrons. The second-order valence-electron chi connectivity index (χ2n) is 9.20. The van der Waals surface area contributed by atoms with Gasteiger partial charge in [0.2, 0.25) is 0 Å². The number of hydrogen-bond donors (Lipinski definition) is 1. The molecule has 0 fully saturated rings. The number of nitrogens with zero attached hydrogens (tertiary/aromatic N) is 3. The van der Waals surface area contributed by atoms with Gasteiger partial charge in [-0.3, -0.25) is 14.4 Å². The largest absolute Gasteiger partial charge is 0.307 e. The van der Waals surface area contributed by atoms with E-state index in [0.717, 1.165) is 16.8 Å². The molecule has 0 unspecified atom stereocenters. The van der Waals surface area contributed by atoms with E-state index >= 15 is 0 Å². The fraction of sp³-hybridized carbons (Fsp3) is 0.280. The van der Waals surface area contributed by atoms with Crippen LogP contribution in [0, 0.1) is 20.8 Å². The van der Waals surface area contributed by atoms with Crippen LogP contribution in [0.2, 0.25) is 0 Å². The lowest BCUT2D eigenvalue weighted by Gasteiger charge is -2.22. The molecule has 3 aromatic rings. The summed E-state index contributed by atoms with van der Waals surface area (Å²) >= 11 is 0. The molecule has 2 aromatic carbocycles. The molecule has 2 heterocycles. The predicted octanol–water partition coefficient (Wildman–Crippen LogP) is 4.62. The van der Waals surface area contributed by atoms with Crippen molar-refractivity contribution in [1.82, 2.24) is 9.78 Å². The molecule has 0 saturated heterocycles. The molecule has 7 heteroatoms. The monoisotopic (exact) mass is 430 g/mol. The first-order valence-electron chi connectivity index (χ1n) is 10.5. The summed E-state index contributed by atoms with van der Waals surface area (Å²) in [7, 11) is 0. The lowest BCUT2D eigenvalue weighted by Crippen LogP contribution is -2.30. The van der Waals surface area contributed by atoms with Crippen molar-refractivity contribution in [3.63, 3.8) is 0 Å². The number of carbonyl (C=O) groups is 3. The van der Waals surface area contributed by atoms with Gasteiger partial charge in [0.15, 0.2) is 0 Å². The molecule has 1 aromatic heterocycles. The van der Waals surface area contributed by atoms with Gasteiger partial charge in [-0.25, -0.2) is 9.58 Å². The van der Waals surface area contributed by atoms with Crippen molar-refractivity contribution in [2.24, 2.45) is 0 Å². The molecular formula is C25H26N4O3. The number of nitrogens with one attached hydrogen (secondary N) is 1. The van der Waals surface area contributed by atoms with Gasteiger partial charge in [-0.05, 0) is 76.9 Å². The smallest absolute Gasteiger partial charge is 0.266 e. The molecular weight excluding hydrogens is 404 g/mol. The maximum absolute atomic E-state index is 13.2. The van der Waals surface area contributed by atoms with E-state index in [9.17, 15) is 14.4 Å². The summed E-state index contributed by atoms with van der Waals surface area (Å²) in [6.07, 6.45) is 0. The third-order valence-electron chi connectivity index (χ3n) is 5.46. The minimum Gasteiger partial charge on any atom is -0.307 e. The highest BCUT2D eigenvalue weighted by Gasteiger charge is 2.38. The number of hydrogen-bond acceptors (Lipinski definition) is 4. The topological polar surface area (TPSA) is 84.3 Å². The molecule has 1 N–H and O–H groups in total. The molecule has 1 aliphatic rings. The Morgan fingerprint density at radius 2 is 1.59 bits per heavy atom. The Balaban J connectivity index is 1.66. The fourth-order valence-electron chi connectivity index (χ4n) is 3.85. The van der Waals surface area contributed by atoms with E-state index in [-0.39, 0.29) is 22.9 Å². The third-order valence-corrected chi connectivity index (χ3v) is 5.46. The van der Waals surface area contributed by atoms with Crippen LogP contribution >= 0.6 is 0 Å². The normalized spacial score (nSPS) is 13.5. The van der Waals surface area contributed by atoms with Crippen molar-refractivity contribution in [2.75, 3.05) is 10.2 Å². The van der Waals surface area contributed by atoms with Crippen LogP contribution in [0.1, 0.15) is 68.7 Å². The summed E-state index contributed by atoms with van der Waals surface area (Å²) in [6, 6.07) is 12.0. The Morgan fingerprint density at radius 3 is 2.28 bits per heavy atom. The lowest BCUT2D eigenvalue weighted by molar-refractivity contribution is 0.0925. The Labute approximate surface area is 187 Å². The fourth-order valence-corrected chi connectivity index (χ4v) is 3.85. The molecule has 3 amide bonds. The zero-order chi connectivity index (χ0) is 23.4. The van der Waals surface area contributed by atoms with Gasteiger partial charge in [-0.2, -0.15) is 5.10 Å². The van der Waals surface area contributed by atoms with Crippen molar-refractivity contribution in [3.8, 4) is 0 Å². The first kappa shape index (κ1) is 21.5. The quantitative estimate of drug-likeness (QED) is 0.615. The van der Waals surface area contributed by atoms with Gasteiger partial charge < -0.3 is 5.32 Å². The number of amides is 3. The summed E-state index contributed by atoms with van der Waals surface area (Å²) in [5, 5.41) is 7.35. The van der Waals surface area contributed by atoms with E-state index in [1.54, 1.807) is 22.9 Å². The maximum Gasteiger partial charge on any atom is 0.266 e. The molecule has 0 spiro atoms. The summed E-state index contributed by atoms with van der Waals surface area (Å²) in [5.74, 6) is -0.612. The number of carbonyl (C=O) groups excluding carboxylic acids is 3. The van der Waals surface area contributed by atoms with Gasteiger partial charge in [0, 0.05) is 11.6 Å². The van der Waals surface area contributed by atoms with Gasteiger partial charge in [-0.1, -0.05) is 12.1 Å². The van der Waals surface area contributed by atoms with Crippen LogP contribution < -0.4 is 10.2 Å². The molecule has 1 aliphatic heterocycles. The average molecular weight is 431 g/mol. The zero-order valence-electron chi connectivity index (χ0n) is 19.1. The van der Waals surface area contributed by atoms with Crippen LogP contribution in [0.4, 0.5) is 11.5 Å².